The predicted molar refractivity (Wildman–Crippen MR) is 121 cm³/mol. The molecule has 0 bridgehead atoms. The molecule has 0 saturated carbocycles. The molecule has 0 aliphatic heterocycles. The molecule has 3 aromatic rings. The SMILES string of the molecule is C[C@H](NC(=O)C(C)(C)Oc1ccccn1)[C@@H](Cc1ccc(Cl)cc1)c1ccccc1. The van der Waals surface area contributed by atoms with Crippen LogP contribution in [0.2, 0.25) is 5.02 Å². The Balaban J connectivity index is 1.76. The lowest BCUT2D eigenvalue weighted by Crippen LogP contribution is -2.51. The van der Waals surface area contributed by atoms with Gasteiger partial charge in [0, 0.05) is 29.2 Å². The fourth-order valence-corrected chi connectivity index (χ4v) is 3.48. The van der Waals surface area contributed by atoms with E-state index in [-0.39, 0.29) is 17.9 Å². The van der Waals surface area contributed by atoms with Crippen LogP contribution >= 0.6 is 11.6 Å². The van der Waals surface area contributed by atoms with Crippen molar-refractivity contribution in [1.82, 2.24) is 10.3 Å². The number of halogens is 1. The van der Waals surface area contributed by atoms with Crippen molar-refractivity contribution in [2.45, 2.75) is 44.8 Å². The van der Waals surface area contributed by atoms with E-state index in [4.69, 9.17) is 16.3 Å². The van der Waals surface area contributed by atoms with E-state index in [1.807, 2.05) is 61.5 Å². The van der Waals surface area contributed by atoms with Crippen LogP contribution in [-0.2, 0) is 11.2 Å². The summed E-state index contributed by atoms with van der Waals surface area (Å²) in [6.45, 7) is 5.53. The van der Waals surface area contributed by atoms with E-state index in [9.17, 15) is 4.79 Å². The summed E-state index contributed by atoms with van der Waals surface area (Å²) < 4.78 is 5.84. The Morgan fingerprint density at radius 2 is 1.70 bits per heavy atom. The highest BCUT2D eigenvalue weighted by atomic mass is 35.5. The van der Waals surface area contributed by atoms with E-state index < -0.39 is 5.60 Å². The lowest BCUT2D eigenvalue weighted by Gasteiger charge is -2.30. The molecule has 0 aliphatic carbocycles. The molecule has 3 rings (SSSR count). The molecule has 156 valence electrons. The molecule has 4 nitrogen and oxygen atoms in total. The molecule has 0 radical (unpaired) electrons. The zero-order valence-electron chi connectivity index (χ0n) is 17.5. The monoisotopic (exact) mass is 422 g/mol. The van der Waals surface area contributed by atoms with Crippen molar-refractivity contribution in [3.63, 3.8) is 0 Å². The minimum atomic E-state index is -1.05. The van der Waals surface area contributed by atoms with Gasteiger partial charge in [-0.1, -0.05) is 60.1 Å². The molecular weight excluding hydrogens is 396 g/mol. The van der Waals surface area contributed by atoms with Gasteiger partial charge in [0.15, 0.2) is 5.60 Å². The number of pyridine rings is 1. The van der Waals surface area contributed by atoms with Crippen LogP contribution < -0.4 is 10.1 Å². The van der Waals surface area contributed by atoms with Crippen molar-refractivity contribution in [3.8, 4) is 5.88 Å². The largest absolute Gasteiger partial charge is 0.462 e. The summed E-state index contributed by atoms with van der Waals surface area (Å²) in [6.07, 6.45) is 2.42. The molecular formula is C25H27ClN2O2. The van der Waals surface area contributed by atoms with Gasteiger partial charge in [-0.2, -0.15) is 0 Å². The van der Waals surface area contributed by atoms with Gasteiger partial charge in [0.05, 0.1) is 0 Å². The van der Waals surface area contributed by atoms with E-state index in [1.165, 1.54) is 11.1 Å². The maximum Gasteiger partial charge on any atom is 0.263 e. The Kier molecular flexibility index (Phi) is 7.11. The van der Waals surface area contributed by atoms with E-state index >= 15 is 0 Å². The molecule has 0 saturated heterocycles. The number of benzene rings is 2. The molecule has 0 spiro atoms. The number of nitrogens with zero attached hydrogens (tertiary/aromatic N) is 1. The van der Waals surface area contributed by atoms with Gasteiger partial charge in [-0.05, 0) is 56.5 Å². The normalized spacial score (nSPS) is 13.3. The first-order chi connectivity index (χ1) is 14.3. The fraction of sp³-hybridized carbons (Fsp3) is 0.280. The van der Waals surface area contributed by atoms with E-state index in [2.05, 4.69) is 22.4 Å². The van der Waals surface area contributed by atoms with Crippen LogP contribution in [0.25, 0.3) is 0 Å². The van der Waals surface area contributed by atoms with Crippen molar-refractivity contribution < 1.29 is 9.53 Å². The summed E-state index contributed by atoms with van der Waals surface area (Å²) in [5.41, 5.74) is 1.28. The predicted octanol–water partition coefficient (Wildman–Crippen LogP) is 5.42. The molecule has 1 heterocycles. The van der Waals surface area contributed by atoms with E-state index in [0.29, 0.717) is 10.9 Å². The summed E-state index contributed by atoms with van der Waals surface area (Å²) in [5, 5.41) is 3.87. The van der Waals surface area contributed by atoms with Crippen molar-refractivity contribution in [3.05, 3.63) is 95.1 Å². The van der Waals surface area contributed by atoms with Crippen LogP contribution in [-0.4, -0.2) is 22.5 Å². The number of hydrogen-bond acceptors (Lipinski definition) is 3. The van der Waals surface area contributed by atoms with Gasteiger partial charge in [-0.25, -0.2) is 4.98 Å². The molecule has 0 unspecified atom stereocenters. The molecule has 0 aliphatic rings. The highest BCUT2D eigenvalue weighted by Crippen LogP contribution is 2.26. The van der Waals surface area contributed by atoms with Crippen LogP contribution in [0, 0.1) is 0 Å². The summed E-state index contributed by atoms with van der Waals surface area (Å²) in [6, 6.07) is 23.3. The van der Waals surface area contributed by atoms with Crippen molar-refractivity contribution in [2.75, 3.05) is 0 Å². The molecule has 2 atom stereocenters. The Hall–Kier alpha value is -2.85. The first-order valence-corrected chi connectivity index (χ1v) is 10.4. The third-order valence-corrected chi connectivity index (χ3v) is 5.36. The molecule has 2 aromatic carbocycles. The van der Waals surface area contributed by atoms with Gasteiger partial charge in [0.25, 0.3) is 5.91 Å². The van der Waals surface area contributed by atoms with Crippen molar-refractivity contribution in [1.29, 1.82) is 0 Å². The zero-order chi connectivity index (χ0) is 21.6. The second-order valence-corrected chi connectivity index (χ2v) is 8.33. The molecule has 1 aromatic heterocycles. The molecule has 0 fully saturated rings. The number of amides is 1. The quantitative estimate of drug-likeness (QED) is 0.527. The van der Waals surface area contributed by atoms with Crippen LogP contribution in [0.15, 0.2) is 79.0 Å². The van der Waals surface area contributed by atoms with Crippen LogP contribution in [0.3, 0.4) is 0 Å². The summed E-state index contributed by atoms with van der Waals surface area (Å²) in [5.74, 6) is 0.339. The molecule has 5 heteroatoms. The standard InChI is InChI=1S/C25H27ClN2O2/c1-18(28-24(29)25(2,3)30-23-11-7-8-16-27-23)22(20-9-5-4-6-10-20)17-19-12-14-21(26)15-13-19/h4-16,18,22H,17H2,1-3H3,(H,28,29)/t18-,22+/m0/s1. The smallest absolute Gasteiger partial charge is 0.263 e. The van der Waals surface area contributed by atoms with Gasteiger partial charge < -0.3 is 10.1 Å². The van der Waals surface area contributed by atoms with Gasteiger partial charge in [-0.15, -0.1) is 0 Å². The Labute approximate surface area is 183 Å². The maximum atomic E-state index is 13.0. The maximum absolute atomic E-state index is 13.0. The number of nitrogens with one attached hydrogen (secondary N) is 1. The third kappa shape index (κ3) is 5.83. The minimum Gasteiger partial charge on any atom is -0.462 e. The number of rotatable bonds is 8. The second kappa shape index (κ2) is 9.77. The molecule has 1 N–H and O–H groups in total. The number of hydrogen-bond donors (Lipinski definition) is 1. The first-order valence-electron chi connectivity index (χ1n) is 10.1. The Bertz CT molecular complexity index is 944. The highest BCUT2D eigenvalue weighted by molar-refractivity contribution is 6.30. The average Bonchev–Trinajstić information content (AvgIpc) is 2.74. The van der Waals surface area contributed by atoms with Crippen molar-refractivity contribution in [2.24, 2.45) is 0 Å². The number of carbonyl (C=O) groups excluding carboxylic acids is 1. The van der Waals surface area contributed by atoms with E-state index in [1.54, 1.807) is 26.1 Å². The van der Waals surface area contributed by atoms with E-state index in [0.717, 1.165) is 6.42 Å². The summed E-state index contributed by atoms with van der Waals surface area (Å²) >= 11 is 6.04. The topological polar surface area (TPSA) is 51.2 Å². The minimum absolute atomic E-state index is 0.0991. The third-order valence-electron chi connectivity index (χ3n) is 5.10. The summed E-state index contributed by atoms with van der Waals surface area (Å²) in [4.78, 5) is 17.2. The average molecular weight is 423 g/mol. The van der Waals surface area contributed by atoms with Crippen LogP contribution in [0.4, 0.5) is 0 Å². The van der Waals surface area contributed by atoms with Crippen LogP contribution in [0.1, 0.15) is 37.8 Å². The first kappa shape index (κ1) is 21.8. The molecule has 1 amide bonds. The van der Waals surface area contributed by atoms with Gasteiger partial charge in [-0.3, -0.25) is 4.79 Å². The lowest BCUT2D eigenvalue weighted by molar-refractivity contribution is -0.135. The molecule has 30 heavy (non-hydrogen) atoms. The van der Waals surface area contributed by atoms with Crippen molar-refractivity contribution >= 4 is 17.5 Å². The highest BCUT2D eigenvalue weighted by Gasteiger charge is 2.33. The van der Waals surface area contributed by atoms with Gasteiger partial charge >= 0.3 is 0 Å². The number of aromatic nitrogens is 1. The van der Waals surface area contributed by atoms with Gasteiger partial charge in [0.1, 0.15) is 0 Å². The number of ether oxygens (including phenoxy) is 1. The van der Waals surface area contributed by atoms with Crippen LogP contribution in [0.5, 0.6) is 5.88 Å². The zero-order valence-corrected chi connectivity index (χ0v) is 18.3. The van der Waals surface area contributed by atoms with Gasteiger partial charge in [0.2, 0.25) is 5.88 Å². The summed E-state index contributed by atoms with van der Waals surface area (Å²) in [7, 11) is 0. The lowest BCUT2D eigenvalue weighted by atomic mass is 9.86. The Morgan fingerprint density at radius 1 is 1.03 bits per heavy atom. The Morgan fingerprint density at radius 3 is 2.33 bits per heavy atom. The fourth-order valence-electron chi connectivity index (χ4n) is 3.35. The second-order valence-electron chi connectivity index (χ2n) is 7.89. The number of carbonyl (C=O) groups is 1.